The van der Waals surface area contributed by atoms with Crippen molar-refractivity contribution in [1.82, 2.24) is 15.3 Å². The lowest BCUT2D eigenvalue weighted by atomic mass is 10.0. The van der Waals surface area contributed by atoms with Gasteiger partial charge in [0.05, 0.1) is 17.4 Å². The topological polar surface area (TPSA) is 95.1 Å². The summed E-state index contributed by atoms with van der Waals surface area (Å²) in [6, 6.07) is 1.25. The van der Waals surface area contributed by atoms with E-state index in [4.69, 9.17) is 5.11 Å². The molecular formula is C14H17ClFN3O3. The van der Waals surface area contributed by atoms with Gasteiger partial charge in [-0.15, -0.1) is 12.4 Å². The highest BCUT2D eigenvalue weighted by Crippen LogP contribution is 2.17. The van der Waals surface area contributed by atoms with E-state index >= 15 is 0 Å². The molecule has 1 aromatic carbocycles. The number of carbonyl (C=O) groups excluding carboxylic acids is 1. The standard InChI is InChI=1S/C14H16FN3O3.ClH/c1-7(2)3-11(14(20)21)18-13(19)9-4-8(15)5-10-12(9)17-6-16-10;/h4-7,11H,3H2,1-2H3,(H,16,17)(H,18,19)(H,20,21);1H/t11-;/m0./s1. The smallest absolute Gasteiger partial charge is 0.326 e. The van der Waals surface area contributed by atoms with Gasteiger partial charge in [0.1, 0.15) is 17.4 Å². The zero-order chi connectivity index (χ0) is 15.6. The van der Waals surface area contributed by atoms with Crippen LogP contribution in [-0.2, 0) is 4.79 Å². The van der Waals surface area contributed by atoms with Crippen molar-refractivity contribution in [3.8, 4) is 0 Å². The van der Waals surface area contributed by atoms with Crippen LogP contribution in [0.1, 0.15) is 30.6 Å². The minimum Gasteiger partial charge on any atom is -0.480 e. The van der Waals surface area contributed by atoms with E-state index in [1.807, 2.05) is 13.8 Å². The first-order chi connectivity index (χ1) is 9.88. The summed E-state index contributed by atoms with van der Waals surface area (Å²) in [7, 11) is 0. The number of nitrogens with zero attached hydrogens (tertiary/aromatic N) is 1. The van der Waals surface area contributed by atoms with Gasteiger partial charge in [-0.2, -0.15) is 0 Å². The van der Waals surface area contributed by atoms with Crippen molar-refractivity contribution in [2.45, 2.75) is 26.3 Å². The normalized spacial score (nSPS) is 12.0. The van der Waals surface area contributed by atoms with Crippen LogP contribution in [0.25, 0.3) is 11.0 Å². The molecule has 0 fully saturated rings. The maximum Gasteiger partial charge on any atom is 0.326 e. The molecule has 6 nitrogen and oxygen atoms in total. The van der Waals surface area contributed by atoms with Gasteiger partial charge in [-0.3, -0.25) is 4.79 Å². The van der Waals surface area contributed by atoms with Crippen molar-refractivity contribution < 1.29 is 19.1 Å². The number of carboxylic acid groups (broad SMARTS) is 1. The molecule has 0 saturated carbocycles. The lowest BCUT2D eigenvalue weighted by Crippen LogP contribution is -2.41. The van der Waals surface area contributed by atoms with Crippen LogP contribution in [0.2, 0.25) is 0 Å². The Morgan fingerprint density at radius 2 is 2.09 bits per heavy atom. The van der Waals surface area contributed by atoms with Gasteiger partial charge < -0.3 is 15.4 Å². The van der Waals surface area contributed by atoms with Crippen LogP contribution in [0.3, 0.4) is 0 Å². The lowest BCUT2D eigenvalue weighted by Gasteiger charge is -2.16. The number of fused-ring (bicyclic) bond motifs is 1. The number of amides is 1. The summed E-state index contributed by atoms with van der Waals surface area (Å²) in [5.41, 5.74) is 0.708. The maximum absolute atomic E-state index is 13.5. The fourth-order valence-electron chi connectivity index (χ4n) is 2.12. The van der Waals surface area contributed by atoms with Gasteiger partial charge in [-0.1, -0.05) is 13.8 Å². The van der Waals surface area contributed by atoms with Crippen molar-refractivity contribution in [2.75, 3.05) is 0 Å². The number of aromatic nitrogens is 2. The number of rotatable bonds is 5. The van der Waals surface area contributed by atoms with Crippen LogP contribution in [0, 0.1) is 11.7 Å². The van der Waals surface area contributed by atoms with Gasteiger partial charge in [0, 0.05) is 0 Å². The Kier molecular flexibility index (Phi) is 5.87. The number of H-pyrrole nitrogens is 1. The van der Waals surface area contributed by atoms with Crippen LogP contribution in [-0.4, -0.2) is 33.0 Å². The molecule has 8 heteroatoms. The summed E-state index contributed by atoms with van der Waals surface area (Å²) >= 11 is 0. The molecule has 1 amide bonds. The number of hydrogen-bond acceptors (Lipinski definition) is 3. The number of carboxylic acids is 1. The molecule has 0 bridgehead atoms. The average Bonchev–Trinajstić information content (AvgIpc) is 2.83. The van der Waals surface area contributed by atoms with Gasteiger partial charge in [-0.05, 0) is 24.5 Å². The Labute approximate surface area is 132 Å². The van der Waals surface area contributed by atoms with Crippen LogP contribution in [0.4, 0.5) is 4.39 Å². The Morgan fingerprint density at radius 1 is 1.41 bits per heavy atom. The number of aromatic amines is 1. The zero-order valence-electron chi connectivity index (χ0n) is 12.1. The molecule has 2 rings (SSSR count). The number of imidazole rings is 1. The molecule has 0 aliphatic carbocycles. The monoisotopic (exact) mass is 329 g/mol. The lowest BCUT2D eigenvalue weighted by molar-refractivity contribution is -0.139. The first-order valence-corrected chi connectivity index (χ1v) is 6.54. The molecule has 0 aliphatic rings. The van der Waals surface area contributed by atoms with E-state index < -0.39 is 23.7 Å². The molecule has 0 aliphatic heterocycles. The molecule has 0 unspecified atom stereocenters. The van der Waals surface area contributed by atoms with Gasteiger partial charge in [0.2, 0.25) is 0 Å². The molecule has 1 heterocycles. The molecular weight excluding hydrogens is 313 g/mol. The van der Waals surface area contributed by atoms with E-state index in [1.165, 1.54) is 12.4 Å². The predicted molar refractivity (Wildman–Crippen MR) is 81.6 cm³/mol. The Hall–Kier alpha value is -2.15. The first-order valence-electron chi connectivity index (χ1n) is 6.54. The summed E-state index contributed by atoms with van der Waals surface area (Å²) in [4.78, 5) is 30.1. The number of benzene rings is 1. The molecule has 3 N–H and O–H groups in total. The maximum atomic E-state index is 13.5. The van der Waals surface area contributed by atoms with Gasteiger partial charge in [0.15, 0.2) is 0 Å². The second-order valence-corrected chi connectivity index (χ2v) is 5.25. The minimum atomic E-state index is -1.12. The largest absolute Gasteiger partial charge is 0.480 e. The van der Waals surface area contributed by atoms with Gasteiger partial charge in [-0.25, -0.2) is 14.2 Å². The van der Waals surface area contributed by atoms with E-state index in [0.29, 0.717) is 17.5 Å². The molecule has 2 aromatic rings. The molecule has 22 heavy (non-hydrogen) atoms. The predicted octanol–water partition coefficient (Wildman–Crippen LogP) is 2.35. The molecule has 120 valence electrons. The van der Waals surface area contributed by atoms with E-state index in [2.05, 4.69) is 15.3 Å². The molecule has 0 saturated heterocycles. The zero-order valence-corrected chi connectivity index (χ0v) is 12.9. The highest BCUT2D eigenvalue weighted by Gasteiger charge is 2.23. The fourth-order valence-corrected chi connectivity index (χ4v) is 2.12. The number of aliphatic carboxylic acids is 1. The third kappa shape index (κ3) is 3.94. The molecule has 1 atom stereocenters. The second kappa shape index (κ2) is 7.22. The van der Waals surface area contributed by atoms with E-state index in [0.717, 1.165) is 6.07 Å². The summed E-state index contributed by atoms with van der Waals surface area (Å²) in [5, 5.41) is 11.5. The van der Waals surface area contributed by atoms with Crippen LogP contribution >= 0.6 is 12.4 Å². The van der Waals surface area contributed by atoms with Crippen molar-refractivity contribution in [3.63, 3.8) is 0 Å². The van der Waals surface area contributed by atoms with E-state index in [1.54, 1.807) is 0 Å². The van der Waals surface area contributed by atoms with Crippen LogP contribution < -0.4 is 5.32 Å². The Balaban J connectivity index is 0.00000242. The quantitative estimate of drug-likeness (QED) is 0.784. The first kappa shape index (κ1) is 17.9. The summed E-state index contributed by atoms with van der Waals surface area (Å²) in [5.74, 6) is -2.26. The number of nitrogens with one attached hydrogen (secondary N) is 2. The molecule has 0 radical (unpaired) electrons. The second-order valence-electron chi connectivity index (χ2n) is 5.25. The van der Waals surface area contributed by atoms with Crippen LogP contribution in [0.15, 0.2) is 18.5 Å². The van der Waals surface area contributed by atoms with Crippen molar-refractivity contribution in [3.05, 3.63) is 29.8 Å². The van der Waals surface area contributed by atoms with E-state index in [9.17, 15) is 14.0 Å². The van der Waals surface area contributed by atoms with E-state index in [-0.39, 0.29) is 23.9 Å². The number of halogens is 2. The number of hydrogen-bond donors (Lipinski definition) is 3. The summed E-state index contributed by atoms with van der Waals surface area (Å²) in [6.07, 6.45) is 1.64. The van der Waals surface area contributed by atoms with Crippen LogP contribution in [0.5, 0.6) is 0 Å². The average molecular weight is 330 g/mol. The highest BCUT2D eigenvalue weighted by molar-refractivity contribution is 6.05. The summed E-state index contributed by atoms with van der Waals surface area (Å²) < 4.78 is 13.5. The third-order valence-corrected chi connectivity index (χ3v) is 3.04. The molecule has 0 spiro atoms. The van der Waals surface area contributed by atoms with Crippen molar-refractivity contribution >= 4 is 35.3 Å². The Morgan fingerprint density at radius 3 is 2.68 bits per heavy atom. The van der Waals surface area contributed by atoms with Crippen molar-refractivity contribution in [1.29, 1.82) is 0 Å². The minimum absolute atomic E-state index is 0. The van der Waals surface area contributed by atoms with Crippen molar-refractivity contribution in [2.24, 2.45) is 5.92 Å². The summed E-state index contributed by atoms with van der Waals surface area (Å²) in [6.45, 7) is 3.71. The molecule has 1 aromatic heterocycles. The number of carbonyl (C=O) groups is 2. The Bertz CT molecular complexity index is 687. The fraction of sp³-hybridized carbons (Fsp3) is 0.357. The third-order valence-electron chi connectivity index (χ3n) is 3.04. The SMILES string of the molecule is CC(C)C[C@H](NC(=O)c1cc(F)cc2[nH]cnc12)C(=O)O.Cl. The highest BCUT2D eigenvalue weighted by atomic mass is 35.5. The van der Waals surface area contributed by atoms with Gasteiger partial charge in [0.25, 0.3) is 5.91 Å². The van der Waals surface area contributed by atoms with Gasteiger partial charge >= 0.3 is 5.97 Å².